The van der Waals surface area contributed by atoms with Gasteiger partial charge in [-0.05, 0) is 69.8 Å². The molecule has 258 valence electrons. The van der Waals surface area contributed by atoms with Crippen molar-refractivity contribution in [2.24, 2.45) is 0 Å². The van der Waals surface area contributed by atoms with E-state index in [0.717, 1.165) is 66.8 Å². The first kappa shape index (κ1) is 32.2. The molecule has 0 amide bonds. The van der Waals surface area contributed by atoms with Crippen LogP contribution in [0.15, 0.2) is 200 Å². The Bertz CT molecular complexity index is 2790. The SMILES string of the molecule is c1ccc(-c2ccc3c4ccc(-c5ccccc5)cc4n(-c4ccc(-c5ccncc5)cc4-c4nc(-c5ccccc5)nc(-c5ccccc5)n4)c3c2)cc1. The number of rotatable bonds is 7. The van der Waals surface area contributed by atoms with Crippen molar-refractivity contribution in [3.63, 3.8) is 0 Å². The number of fused-ring (bicyclic) bond motifs is 3. The number of benzene rings is 7. The Morgan fingerprint density at radius 2 is 0.709 bits per heavy atom. The van der Waals surface area contributed by atoms with Gasteiger partial charge in [0.2, 0.25) is 0 Å². The highest BCUT2D eigenvalue weighted by molar-refractivity contribution is 6.11. The van der Waals surface area contributed by atoms with Gasteiger partial charge >= 0.3 is 0 Å². The van der Waals surface area contributed by atoms with Crippen molar-refractivity contribution in [1.82, 2.24) is 24.5 Å². The first-order valence-electron chi connectivity index (χ1n) is 18.4. The summed E-state index contributed by atoms with van der Waals surface area (Å²) in [6.07, 6.45) is 3.66. The lowest BCUT2D eigenvalue weighted by Gasteiger charge is -2.17. The molecule has 10 aromatic rings. The predicted octanol–water partition coefficient (Wildman–Crippen LogP) is 12.4. The van der Waals surface area contributed by atoms with Crippen molar-refractivity contribution in [2.45, 2.75) is 0 Å². The van der Waals surface area contributed by atoms with Crippen LogP contribution in [-0.2, 0) is 0 Å². The van der Waals surface area contributed by atoms with Gasteiger partial charge in [0, 0.05) is 39.9 Å². The zero-order valence-electron chi connectivity index (χ0n) is 29.8. The standard InChI is InChI=1S/C50H33N5/c1-5-13-34(14-6-1)40-21-24-42-43-25-22-41(35-15-7-2-8-16-35)33-47(43)55(46(42)32-40)45-26-23-39(36-27-29-51-30-28-36)31-44(45)50-53-48(37-17-9-3-10-18-37)52-49(54-50)38-19-11-4-12-20-38/h1-33H. The van der Waals surface area contributed by atoms with E-state index in [1.54, 1.807) is 0 Å². The second-order valence-corrected chi connectivity index (χ2v) is 13.5. The van der Waals surface area contributed by atoms with Gasteiger partial charge in [0.25, 0.3) is 0 Å². The van der Waals surface area contributed by atoms with Crippen molar-refractivity contribution < 1.29 is 0 Å². The second-order valence-electron chi connectivity index (χ2n) is 13.5. The molecule has 55 heavy (non-hydrogen) atoms. The van der Waals surface area contributed by atoms with Crippen LogP contribution in [0.2, 0.25) is 0 Å². The van der Waals surface area contributed by atoms with Gasteiger partial charge in [-0.25, -0.2) is 15.0 Å². The zero-order valence-corrected chi connectivity index (χ0v) is 29.8. The number of pyridine rings is 1. The van der Waals surface area contributed by atoms with Crippen molar-refractivity contribution in [1.29, 1.82) is 0 Å². The minimum absolute atomic E-state index is 0.590. The summed E-state index contributed by atoms with van der Waals surface area (Å²) in [5, 5.41) is 2.34. The number of hydrogen-bond acceptors (Lipinski definition) is 4. The maximum atomic E-state index is 5.25. The molecule has 0 unspecified atom stereocenters. The lowest BCUT2D eigenvalue weighted by molar-refractivity contribution is 1.06. The monoisotopic (exact) mass is 703 g/mol. The van der Waals surface area contributed by atoms with E-state index in [2.05, 4.69) is 125 Å². The molecule has 0 saturated heterocycles. The Morgan fingerprint density at radius 3 is 1.20 bits per heavy atom. The summed E-state index contributed by atoms with van der Waals surface area (Å²) in [6, 6.07) is 65.7. The van der Waals surface area contributed by atoms with Crippen LogP contribution in [-0.4, -0.2) is 24.5 Å². The third-order valence-corrected chi connectivity index (χ3v) is 10.2. The lowest BCUT2D eigenvalue weighted by atomic mass is 10.0. The molecular formula is C50H33N5. The van der Waals surface area contributed by atoms with E-state index in [1.807, 2.05) is 85.2 Å². The third kappa shape index (κ3) is 6.04. The summed E-state index contributed by atoms with van der Waals surface area (Å²) in [5.74, 6) is 1.82. The minimum Gasteiger partial charge on any atom is -0.308 e. The molecule has 0 N–H and O–H groups in total. The Kier molecular flexibility index (Phi) is 8.08. The summed E-state index contributed by atoms with van der Waals surface area (Å²) < 4.78 is 2.39. The average molecular weight is 704 g/mol. The Balaban J connectivity index is 1.30. The van der Waals surface area contributed by atoms with Gasteiger partial charge in [-0.15, -0.1) is 0 Å². The summed E-state index contributed by atoms with van der Waals surface area (Å²) >= 11 is 0. The Hall–Kier alpha value is -7.50. The van der Waals surface area contributed by atoms with Crippen LogP contribution in [0.4, 0.5) is 0 Å². The zero-order chi connectivity index (χ0) is 36.6. The summed E-state index contributed by atoms with van der Waals surface area (Å²) in [4.78, 5) is 19.8. The molecule has 0 bridgehead atoms. The van der Waals surface area contributed by atoms with E-state index in [-0.39, 0.29) is 0 Å². The van der Waals surface area contributed by atoms with E-state index < -0.39 is 0 Å². The van der Waals surface area contributed by atoms with Crippen LogP contribution in [0.3, 0.4) is 0 Å². The van der Waals surface area contributed by atoms with E-state index in [4.69, 9.17) is 15.0 Å². The molecule has 5 heteroatoms. The van der Waals surface area contributed by atoms with E-state index in [1.165, 1.54) is 10.8 Å². The largest absolute Gasteiger partial charge is 0.308 e. The molecule has 0 aliphatic rings. The first-order valence-corrected chi connectivity index (χ1v) is 18.4. The molecule has 0 saturated carbocycles. The van der Waals surface area contributed by atoms with Gasteiger partial charge in [-0.3, -0.25) is 4.98 Å². The van der Waals surface area contributed by atoms with Crippen molar-refractivity contribution in [3.05, 3.63) is 200 Å². The molecule has 0 aliphatic heterocycles. The molecule has 7 aromatic carbocycles. The van der Waals surface area contributed by atoms with Crippen LogP contribution in [0.1, 0.15) is 0 Å². The maximum Gasteiger partial charge on any atom is 0.166 e. The Morgan fingerprint density at radius 1 is 0.309 bits per heavy atom. The third-order valence-electron chi connectivity index (χ3n) is 10.2. The van der Waals surface area contributed by atoms with Gasteiger partial charge in [0.1, 0.15) is 0 Å². The van der Waals surface area contributed by atoms with Crippen LogP contribution in [0.25, 0.3) is 95.0 Å². The maximum absolute atomic E-state index is 5.25. The minimum atomic E-state index is 0.590. The molecule has 0 aliphatic carbocycles. The van der Waals surface area contributed by atoms with E-state index in [9.17, 15) is 0 Å². The van der Waals surface area contributed by atoms with Gasteiger partial charge < -0.3 is 4.57 Å². The molecule has 0 spiro atoms. The molecule has 10 rings (SSSR count). The van der Waals surface area contributed by atoms with Crippen LogP contribution < -0.4 is 0 Å². The fourth-order valence-corrected chi connectivity index (χ4v) is 7.46. The molecule has 0 atom stereocenters. The quantitative estimate of drug-likeness (QED) is 0.166. The summed E-state index contributed by atoms with van der Waals surface area (Å²) in [5.41, 5.74) is 12.6. The molecule has 3 heterocycles. The summed E-state index contributed by atoms with van der Waals surface area (Å²) in [6.45, 7) is 0. The summed E-state index contributed by atoms with van der Waals surface area (Å²) in [7, 11) is 0. The van der Waals surface area contributed by atoms with E-state index >= 15 is 0 Å². The van der Waals surface area contributed by atoms with Gasteiger partial charge in [-0.1, -0.05) is 152 Å². The normalized spacial score (nSPS) is 11.3. The van der Waals surface area contributed by atoms with Crippen LogP contribution in [0, 0.1) is 0 Å². The lowest BCUT2D eigenvalue weighted by Crippen LogP contribution is -2.04. The highest BCUT2D eigenvalue weighted by atomic mass is 15.1. The fraction of sp³-hybridized carbons (Fsp3) is 0. The van der Waals surface area contributed by atoms with Gasteiger partial charge in [0.05, 0.1) is 16.7 Å². The van der Waals surface area contributed by atoms with Crippen LogP contribution >= 0.6 is 0 Å². The van der Waals surface area contributed by atoms with Crippen LogP contribution in [0.5, 0.6) is 0 Å². The number of aromatic nitrogens is 5. The fourth-order valence-electron chi connectivity index (χ4n) is 7.46. The molecule has 3 aromatic heterocycles. The Labute approximate surface area is 318 Å². The second kappa shape index (κ2) is 13.8. The molecular weight excluding hydrogens is 671 g/mol. The van der Waals surface area contributed by atoms with Crippen molar-refractivity contribution in [3.8, 4) is 73.2 Å². The van der Waals surface area contributed by atoms with Gasteiger partial charge in [0.15, 0.2) is 17.5 Å². The van der Waals surface area contributed by atoms with Gasteiger partial charge in [-0.2, -0.15) is 0 Å². The van der Waals surface area contributed by atoms with E-state index in [0.29, 0.717) is 17.5 Å². The number of nitrogens with zero attached hydrogens (tertiary/aromatic N) is 5. The smallest absolute Gasteiger partial charge is 0.166 e. The average Bonchev–Trinajstić information content (AvgIpc) is 3.60. The number of hydrogen-bond donors (Lipinski definition) is 0. The first-order chi connectivity index (χ1) is 27.3. The highest BCUT2D eigenvalue weighted by Gasteiger charge is 2.21. The molecule has 0 fully saturated rings. The molecule has 5 nitrogen and oxygen atoms in total. The molecule has 0 radical (unpaired) electrons. The van der Waals surface area contributed by atoms with Crippen molar-refractivity contribution >= 4 is 21.8 Å². The highest BCUT2D eigenvalue weighted by Crippen LogP contribution is 2.40. The topological polar surface area (TPSA) is 56.5 Å². The van der Waals surface area contributed by atoms with Crippen molar-refractivity contribution in [2.75, 3.05) is 0 Å². The predicted molar refractivity (Wildman–Crippen MR) is 225 cm³/mol.